The third-order valence-electron chi connectivity index (χ3n) is 4.23. The molecule has 6 nitrogen and oxygen atoms in total. The SMILES string of the molecule is Cc1ccc(NS(=O)(=O)c2ccc(NC(=O)[C@@H](C)Oc3ccc(F)cc3)cc2)cc1. The van der Waals surface area contributed by atoms with Crippen LogP contribution in [0.3, 0.4) is 0 Å². The van der Waals surface area contributed by atoms with E-state index in [-0.39, 0.29) is 4.90 Å². The van der Waals surface area contributed by atoms with Gasteiger partial charge in [-0.15, -0.1) is 0 Å². The highest BCUT2D eigenvalue weighted by Crippen LogP contribution is 2.19. The van der Waals surface area contributed by atoms with Crippen LogP contribution < -0.4 is 14.8 Å². The van der Waals surface area contributed by atoms with Gasteiger partial charge in [0.25, 0.3) is 15.9 Å². The second-order valence-corrected chi connectivity index (χ2v) is 8.38. The molecule has 0 unspecified atom stereocenters. The van der Waals surface area contributed by atoms with Gasteiger partial charge in [-0.05, 0) is 74.5 Å². The van der Waals surface area contributed by atoms with Gasteiger partial charge in [0.2, 0.25) is 0 Å². The predicted octanol–water partition coefficient (Wildman–Crippen LogP) is 4.34. The van der Waals surface area contributed by atoms with Crippen molar-refractivity contribution < 1.29 is 22.3 Å². The Kier molecular flexibility index (Phi) is 6.37. The topological polar surface area (TPSA) is 84.5 Å². The van der Waals surface area contributed by atoms with Crippen molar-refractivity contribution in [2.75, 3.05) is 10.0 Å². The zero-order valence-corrected chi connectivity index (χ0v) is 17.2. The lowest BCUT2D eigenvalue weighted by atomic mass is 10.2. The van der Waals surface area contributed by atoms with E-state index in [1.54, 1.807) is 19.1 Å². The number of hydrogen-bond acceptors (Lipinski definition) is 4. The Morgan fingerprint density at radius 3 is 2.07 bits per heavy atom. The van der Waals surface area contributed by atoms with Crippen LogP contribution in [0.25, 0.3) is 0 Å². The van der Waals surface area contributed by atoms with Crippen molar-refractivity contribution in [2.24, 2.45) is 0 Å². The molecule has 2 N–H and O–H groups in total. The van der Waals surface area contributed by atoms with Crippen molar-refractivity contribution in [1.29, 1.82) is 0 Å². The van der Waals surface area contributed by atoms with E-state index in [1.807, 2.05) is 19.1 Å². The first kappa shape index (κ1) is 21.3. The molecule has 0 aliphatic rings. The van der Waals surface area contributed by atoms with E-state index >= 15 is 0 Å². The quantitative estimate of drug-likeness (QED) is 0.586. The zero-order chi connectivity index (χ0) is 21.7. The largest absolute Gasteiger partial charge is 0.481 e. The van der Waals surface area contributed by atoms with Gasteiger partial charge >= 0.3 is 0 Å². The summed E-state index contributed by atoms with van der Waals surface area (Å²) in [6.45, 7) is 3.47. The lowest BCUT2D eigenvalue weighted by Crippen LogP contribution is -2.30. The molecule has 0 spiro atoms. The normalized spacial score (nSPS) is 12.1. The molecule has 0 saturated heterocycles. The van der Waals surface area contributed by atoms with Crippen LogP contribution in [0.2, 0.25) is 0 Å². The van der Waals surface area contributed by atoms with Crippen molar-refractivity contribution in [1.82, 2.24) is 0 Å². The van der Waals surface area contributed by atoms with E-state index in [2.05, 4.69) is 10.0 Å². The van der Waals surface area contributed by atoms with Crippen LogP contribution in [0.4, 0.5) is 15.8 Å². The minimum atomic E-state index is -3.75. The smallest absolute Gasteiger partial charge is 0.265 e. The van der Waals surface area contributed by atoms with E-state index < -0.39 is 27.9 Å². The number of aryl methyl sites for hydroxylation is 1. The molecular weight excluding hydrogens is 407 g/mol. The molecule has 8 heteroatoms. The first-order valence-corrected chi connectivity index (χ1v) is 10.6. The molecule has 0 radical (unpaired) electrons. The summed E-state index contributed by atoms with van der Waals surface area (Å²) in [6, 6.07) is 18.1. The maximum atomic E-state index is 12.9. The van der Waals surface area contributed by atoms with Gasteiger partial charge in [0, 0.05) is 11.4 Å². The van der Waals surface area contributed by atoms with E-state index in [0.29, 0.717) is 17.1 Å². The molecule has 0 bridgehead atoms. The molecule has 0 heterocycles. The van der Waals surface area contributed by atoms with Crippen LogP contribution in [0, 0.1) is 12.7 Å². The fourth-order valence-electron chi connectivity index (χ4n) is 2.57. The molecule has 0 saturated carbocycles. The number of rotatable bonds is 7. The summed E-state index contributed by atoms with van der Waals surface area (Å²) < 4.78 is 45.9. The molecule has 156 valence electrons. The number of carbonyl (C=O) groups is 1. The summed E-state index contributed by atoms with van der Waals surface area (Å²) in [7, 11) is -3.75. The van der Waals surface area contributed by atoms with Crippen LogP contribution in [0.1, 0.15) is 12.5 Å². The third-order valence-corrected chi connectivity index (χ3v) is 5.63. The third kappa shape index (κ3) is 5.57. The number of anilines is 2. The molecule has 30 heavy (non-hydrogen) atoms. The van der Waals surface area contributed by atoms with Gasteiger partial charge in [-0.25, -0.2) is 12.8 Å². The second kappa shape index (κ2) is 8.96. The summed E-state index contributed by atoms with van der Waals surface area (Å²) in [5.41, 5.74) is 1.91. The number of hydrogen-bond donors (Lipinski definition) is 2. The molecule has 3 aromatic rings. The van der Waals surface area contributed by atoms with Crippen LogP contribution in [-0.4, -0.2) is 20.4 Å². The number of benzene rings is 3. The zero-order valence-electron chi connectivity index (χ0n) is 16.4. The lowest BCUT2D eigenvalue weighted by molar-refractivity contribution is -0.122. The van der Waals surface area contributed by atoms with Crippen LogP contribution in [0.15, 0.2) is 77.7 Å². The minimum absolute atomic E-state index is 0.0664. The van der Waals surface area contributed by atoms with E-state index in [4.69, 9.17) is 4.74 Å². The molecule has 3 rings (SSSR count). The van der Waals surface area contributed by atoms with Gasteiger partial charge in [-0.1, -0.05) is 17.7 Å². The van der Waals surface area contributed by atoms with Gasteiger partial charge in [0.05, 0.1) is 4.90 Å². The Bertz CT molecular complexity index is 1110. The average molecular weight is 428 g/mol. The monoisotopic (exact) mass is 428 g/mol. The Hall–Kier alpha value is -3.39. The molecule has 3 aromatic carbocycles. The van der Waals surface area contributed by atoms with Crippen molar-refractivity contribution >= 4 is 27.3 Å². The van der Waals surface area contributed by atoms with Gasteiger partial charge in [-0.3, -0.25) is 9.52 Å². The van der Waals surface area contributed by atoms with Gasteiger partial charge in [-0.2, -0.15) is 0 Å². The minimum Gasteiger partial charge on any atom is -0.481 e. The highest BCUT2D eigenvalue weighted by atomic mass is 32.2. The number of amides is 1. The van der Waals surface area contributed by atoms with E-state index in [0.717, 1.165) is 5.56 Å². The fourth-order valence-corrected chi connectivity index (χ4v) is 3.63. The van der Waals surface area contributed by atoms with E-state index in [1.165, 1.54) is 48.5 Å². The van der Waals surface area contributed by atoms with Crippen molar-refractivity contribution in [3.05, 3.63) is 84.2 Å². The highest BCUT2D eigenvalue weighted by Gasteiger charge is 2.17. The first-order chi connectivity index (χ1) is 14.2. The summed E-state index contributed by atoms with van der Waals surface area (Å²) in [5.74, 6) is -0.457. The molecule has 0 aromatic heterocycles. The van der Waals surface area contributed by atoms with E-state index in [9.17, 15) is 17.6 Å². The lowest BCUT2D eigenvalue weighted by Gasteiger charge is -2.15. The van der Waals surface area contributed by atoms with Crippen LogP contribution >= 0.6 is 0 Å². The molecule has 0 aliphatic heterocycles. The fraction of sp³-hybridized carbons (Fsp3) is 0.136. The average Bonchev–Trinajstić information content (AvgIpc) is 2.71. The van der Waals surface area contributed by atoms with Crippen molar-refractivity contribution in [3.8, 4) is 5.75 Å². The first-order valence-electron chi connectivity index (χ1n) is 9.15. The summed E-state index contributed by atoms with van der Waals surface area (Å²) in [6.07, 6.45) is -0.831. The second-order valence-electron chi connectivity index (χ2n) is 6.70. The van der Waals surface area contributed by atoms with Crippen molar-refractivity contribution in [2.45, 2.75) is 24.8 Å². The Balaban J connectivity index is 1.62. The van der Waals surface area contributed by atoms with Crippen LogP contribution in [-0.2, 0) is 14.8 Å². The number of carbonyl (C=O) groups excluding carboxylic acids is 1. The molecule has 1 atom stereocenters. The maximum Gasteiger partial charge on any atom is 0.265 e. The number of ether oxygens (including phenoxy) is 1. The summed E-state index contributed by atoms with van der Waals surface area (Å²) >= 11 is 0. The summed E-state index contributed by atoms with van der Waals surface area (Å²) in [5, 5.41) is 2.65. The van der Waals surface area contributed by atoms with Gasteiger partial charge in [0.15, 0.2) is 6.10 Å². The van der Waals surface area contributed by atoms with Gasteiger partial charge < -0.3 is 10.1 Å². The standard InChI is InChI=1S/C22H21FN2O4S/c1-15-3-7-19(8-4-15)25-30(27,28)21-13-9-18(10-14-21)24-22(26)16(2)29-20-11-5-17(23)6-12-20/h3-14,16,25H,1-2H3,(H,24,26)/t16-/m1/s1. The number of nitrogens with one attached hydrogen (secondary N) is 2. The predicted molar refractivity (Wildman–Crippen MR) is 114 cm³/mol. The number of sulfonamides is 1. The Morgan fingerprint density at radius 2 is 1.47 bits per heavy atom. The molecule has 0 aliphatic carbocycles. The van der Waals surface area contributed by atoms with Crippen molar-refractivity contribution in [3.63, 3.8) is 0 Å². The maximum absolute atomic E-state index is 12.9. The highest BCUT2D eigenvalue weighted by molar-refractivity contribution is 7.92. The Labute approximate surface area is 174 Å². The summed E-state index contributed by atoms with van der Waals surface area (Å²) in [4.78, 5) is 12.4. The molecule has 0 fully saturated rings. The molecule has 1 amide bonds. The molecular formula is C22H21FN2O4S. The van der Waals surface area contributed by atoms with Crippen LogP contribution in [0.5, 0.6) is 5.75 Å². The number of halogens is 1. The Morgan fingerprint density at radius 1 is 0.900 bits per heavy atom. The van der Waals surface area contributed by atoms with Gasteiger partial charge in [0.1, 0.15) is 11.6 Å².